The van der Waals surface area contributed by atoms with Gasteiger partial charge in [-0.2, -0.15) is 13.2 Å². The molecule has 7 heteroatoms. The van der Waals surface area contributed by atoms with Crippen LogP contribution in [0, 0.1) is 0 Å². The first-order chi connectivity index (χ1) is 8.80. The lowest BCUT2D eigenvalue weighted by atomic mass is 10.0. The van der Waals surface area contributed by atoms with Crippen LogP contribution in [0.15, 0.2) is 35.3 Å². The second-order valence-electron chi connectivity index (χ2n) is 3.72. The first-order valence-corrected chi connectivity index (χ1v) is 5.80. The highest BCUT2D eigenvalue weighted by molar-refractivity contribution is 6.42. The van der Waals surface area contributed by atoms with Crippen LogP contribution in [0.25, 0.3) is 11.1 Å². The highest BCUT2D eigenvalue weighted by atomic mass is 35.5. The number of halogens is 5. The van der Waals surface area contributed by atoms with Gasteiger partial charge in [-0.15, -0.1) is 0 Å². The molecular weight excluding hydrogens is 302 g/mol. The van der Waals surface area contributed by atoms with Crippen molar-refractivity contribution in [1.29, 1.82) is 0 Å². The summed E-state index contributed by atoms with van der Waals surface area (Å²) in [5, 5.41) is 0.280. The lowest BCUT2D eigenvalue weighted by Crippen LogP contribution is -2.16. The van der Waals surface area contributed by atoms with E-state index >= 15 is 0 Å². The van der Waals surface area contributed by atoms with Gasteiger partial charge in [0.2, 0.25) is 0 Å². The van der Waals surface area contributed by atoms with E-state index in [9.17, 15) is 18.0 Å². The summed E-state index contributed by atoms with van der Waals surface area (Å²) < 4.78 is 38.6. The maximum atomic E-state index is 12.9. The van der Waals surface area contributed by atoms with Crippen molar-refractivity contribution in [3.05, 3.63) is 56.4 Å². The molecule has 19 heavy (non-hydrogen) atoms. The fourth-order valence-corrected chi connectivity index (χ4v) is 1.94. The summed E-state index contributed by atoms with van der Waals surface area (Å²) in [6.07, 6.45) is -3.71. The Morgan fingerprint density at radius 1 is 1.05 bits per heavy atom. The molecule has 100 valence electrons. The molecule has 0 atom stereocenters. The van der Waals surface area contributed by atoms with E-state index in [2.05, 4.69) is 0 Å². The molecule has 0 spiro atoms. The highest BCUT2D eigenvalue weighted by Crippen LogP contribution is 2.35. The molecule has 1 aromatic heterocycles. The number of aromatic nitrogens is 1. The fourth-order valence-electron chi connectivity index (χ4n) is 1.64. The Kier molecular flexibility index (Phi) is 3.60. The number of pyridine rings is 1. The molecule has 0 saturated heterocycles. The third kappa shape index (κ3) is 2.77. The summed E-state index contributed by atoms with van der Waals surface area (Å²) in [5.41, 5.74) is -2.28. The number of H-pyrrole nitrogens is 1. The normalized spacial score (nSPS) is 11.6. The van der Waals surface area contributed by atoms with Crippen LogP contribution < -0.4 is 5.43 Å². The van der Waals surface area contributed by atoms with Gasteiger partial charge < -0.3 is 4.98 Å². The zero-order valence-electron chi connectivity index (χ0n) is 9.18. The first kappa shape index (κ1) is 14.0. The predicted octanol–water partition coefficient (Wildman–Crippen LogP) is 4.37. The van der Waals surface area contributed by atoms with E-state index in [0.717, 1.165) is 12.3 Å². The minimum Gasteiger partial charge on any atom is -0.357 e. The molecule has 2 rings (SSSR count). The Morgan fingerprint density at radius 3 is 2.32 bits per heavy atom. The third-order valence-corrected chi connectivity index (χ3v) is 3.19. The van der Waals surface area contributed by atoms with Crippen molar-refractivity contribution < 1.29 is 13.2 Å². The monoisotopic (exact) mass is 307 g/mol. The molecule has 0 unspecified atom stereocenters. The van der Waals surface area contributed by atoms with Crippen molar-refractivity contribution in [3.8, 4) is 11.1 Å². The van der Waals surface area contributed by atoms with Gasteiger partial charge in [0.25, 0.3) is 0 Å². The van der Waals surface area contributed by atoms with Gasteiger partial charge in [-0.3, -0.25) is 4.79 Å². The molecular formula is C12H6Cl2F3NO. The van der Waals surface area contributed by atoms with Crippen molar-refractivity contribution in [2.75, 3.05) is 0 Å². The minimum absolute atomic E-state index is 0.0589. The first-order valence-electron chi connectivity index (χ1n) is 5.05. The Balaban J connectivity index is 2.74. The van der Waals surface area contributed by atoms with E-state index in [-0.39, 0.29) is 15.6 Å². The molecule has 0 aliphatic carbocycles. The number of hydrogen-bond donors (Lipinski definition) is 1. The molecule has 0 fully saturated rings. The van der Waals surface area contributed by atoms with Gasteiger partial charge in [-0.05, 0) is 17.7 Å². The summed E-state index contributed by atoms with van der Waals surface area (Å²) in [6.45, 7) is 0. The van der Waals surface area contributed by atoms with Crippen LogP contribution in [-0.4, -0.2) is 4.98 Å². The molecule has 2 aromatic rings. The van der Waals surface area contributed by atoms with Crippen LogP contribution in [-0.2, 0) is 6.18 Å². The fraction of sp³-hybridized carbons (Fsp3) is 0.0833. The number of nitrogens with one attached hydrogen (secondary N) is 1. The molecule has 2 nitrogen and oxygen atoms in total. The SMILES string of the molecule is O=c1cc[nH]c(C(F)(F)F)c1-c1ccc(Cl)c(Cl)c1. The van der Waals surface area contributed by atoms with Gasteiger partial charge >= 0.3 is 6.18 Å². The number of hydrogen-bond acceptors (Lipinski definition) is 1. The zero-order chi connectivity index (χ0) is 14.2. The van der Waals surface area contributed by atoms with Crippen LogP contribution >= 0.6 is 23.2 Å². The number of benzene rings is 1. The van der Waals surface area contributed by atoms with Crippen LogP contribution in [0.2, 0.25) is 10.0 Å². The summed E-state index contributed by atoms with van der Waals surface area (Å²) in [6, 6.07) is 4.90. The molecule has 1 aromatic carbocycles. The van der Waals surface area contributed by atoms with Gasteiger partial charge in [-0.1, -0.05) is 29.3 Å². The van der Waals surface area contributed by atoms with E-state index in [0.29, 0.717) is 0 Å². The van der Waals surface area contributed by atoms with Crippen LogP contribution in [0.1, 0.15) is 5.69 Å². The van der Waals surface area contributed by atoms with Crippen LogP contribution in [0.5, 0.6) is 0 Å². The van der Waals surface area contributed by atoms with E-state index in [1.807, 2.05) is 4.98 Å². The second-order valence-corrected chi connectivity index (χ2v) is 4.53. The topological polar surface area (TPSA) is 32.9 Å². The average molecular weight is 308 g/mol. The van der Waals surface area contributed by atoms with Gasteiger partial charge in [-0.25, -0.2) is 0 Å². The lowest BCUT2D eigenvalue weighted by molar-refractivity contribution is -0.140. The van der Waals surface area contributed by atoms with Crippen LogP contribution in [0.3, 0.4) is 0 Å². The highest BCUT2D eigenvalue weighted by Gasteiger charge is 2.35. The van der Waals surface area contributed by atoms with Crippen LogP contribution in [0.4, 0.5) is 13.2 Å². The smallest absolute Gasteiger partial charge is 0.357 e. The maximum absolute atomic E-state index is 12.9. The molecule has 0 radical (unpaired) electrons. The van der Waals surface area contributed by atoms with Gasteiger partial charge in [0.1, 0.15) is 5.69 Å². The van der Waals surface area contributed by atoms with Crippen molar-refractivity contribution in [1.82, 2.24) is 4.98 Å². The largest absolute Gasteiger partial charge is 0.431 e. The predicted molar refractivity (Wildman–Crippen MR) is 67.5 cm³/mol. The molecule has 1 N–H and O–H groups in total. The zero-order valence-corrected chi connectivity index (χ0v) is 10.7. The number of aromatic amines is 1. The summed E-state index contributed by atoms with van der Waals surface area (Å²) in [7, 11) is 0. The third-order valence-electron chi connectivity index (χ3n) is 2.45. The maximum Gasteiger partial charge on any atom is 0.431 e. The Bertz CT molecular complexity index is 679. The Morgan fingerprint density at radius 2 is 1.74 bits per heavy atom. The number of alkyl halides is 3. The summed E-state index contributed by atoms with van der Waals surface area (Å²) in [5.74, 6) is 0. The molecule has 1 heterocycles. The van der Waals surface area contributed by atoms with Gasteiger partial charge in [0.05, 0.1) is 15.6 Å². The molecule has 0 bridgehead atoms. The summed E-state index contributed by atoms with van der Waals surface area (Å²) in [4.78, 5) is 13.7. The van der Waals surface area contributed by atoms with E-state index in [1.54, 1.807) is 0 Å². The van der Waals surface area contributed by atoms with E-state index < -0.39 is 22.9 Å². The molecule has 0 amide bonds. The molecule has 0 aliphatic rings. The van der Waals surface area contributed by atoms with E-state index in [4.69, 9.17) is 23.2 Å². The van der Waals surface area contributed by atoms with Crippen molar-refractivity contribution in [3.63, 3.8) is 0 Å². The molecule has 0 saturated carbocycles. The Labute approximate surface area is 115 Å². The lowest BCUT2D eigenvalue weighted by Gasteiger charge is -2.12. The Hall–Kier alpha value is -1.46. The van der Waals surface area contributed by atoms with Gasteiger partial charge in [0, 0.05) is 12.3 Å². The van der Waals surface area contributed by atoms with Crippen molar-refractivity contribution in [2.24, 2.45) is 0 Å². The van der Waals surface area contributed by atoms with Crippen molar-refractivity contribution >= 4 is 23.2 Å². The summed E-state index contributed by atoms with van der Waals surface area (Å²) >= 11 is 11.5. The second kappa shape index (κ2) is 4.90. The minimum atomic E-state index is -4.66. The molecule has 0 aliphatic heterocycles. The van der Waals surface area contributed by atoms with Gasteiger partial charge in [0.15, 0.2) is 5.43 Å². The number of rotatable bonds is 1. The van der Waals surface area contributed by atoms with Crippen molar-refractivity contribution in [2.45, 2.75) is 6.18 Å². The quantitative estimate of drug-likeness (QED) is 0.834. The van der Waals surface area contributed by atoms with E-state index in [1.165, 1.54) is 18.2 Å². The standard InChI is InChI=1S/C12H6Cl2F3NO/c13-7-2-1-6(5-8(7)14)10-9(19)3-4-18-11(10)12(15,16)17/h1-5H,(H,18,19). The average Bonchev–Trinajstić information content (AvgIpc) is 2.31.